The van der Waals surface area contributed by atoms with Crippen LogP contribution < -0.4 is 19.2 Å². The first-order chi connectivity index (χ1) is 18.3. The highest BCUT2D eigenvalue weighted by atomic mass is 19.2. The van der Waals surface area contributed by atoms with Gasteiger partial charge in [0.25, 0.3) is 0 Å². The predicted molar refractivity (Wildman–Crippen MR) is 138 cm³/mol. The Morgan fingerprint density at radius 3 is 1.08 bits per heavy atom. The van der Waals surface area contributed by atoms with Gasteiger partial charge in [-0.15, -0.1) is 0 Å². The van der Waals surface area contributed by atoms with Gasteiger partial charge in [-0.05, 0) is 35.1 Å². The Morgan fingerprint density at radius 2 is 0.789 bits per heavy atom. The van der Waals surface area contributed by atoms with Crippen LogP contribution in [0, 0.1) is 0 Å². The van der Waals surface area contributed by atoms with Gasteiger partial charge in [-0.1, -0.05) is 60.7 Å². The Bertz CT molecular complexity index is 1040. The van der Waals surface area contributed by atoms with E-state index in [1.807, 2.05) is 0 Å². The molecule has 10 heteroatoms. The maximum atomic E-state index is 9.78. The van der Waals surface area contributed by atoms with Crippen LogP contribution in [0.25, 0.3) is 11.1 Å². The van der Waals surface area contributed by atoms with Crippen molar-refractivity contribution in [2.45, 2.75) is 38.8 Å². The second-order valence-electron chi connectivity index (χ2n) is 8.35. The van der Waals surface area contributed by atoms with E-state index in [1.54, 1.807) is 0 Å². The Hall–Kier alpha value is -3.49. The smallest absolute Gasteiger partial charge is 0.447 e. The molecule has 0 spiro atoms. The SMILES string of the molecule is [O-]B(F)F.[O-]B(F)F.c1ccc(CCC[n+]2ccc(-c3cc[n+](CCCc4ccccc4)cc3)cc2)cc1. The maximum absolute atomic E-state index is 9.78. The van der Waals surface area contributed by atoms with Crippen LogP contribution in [0.15, 0.2) is 110 Å². The summed E-state index contributed by atoms with van der Waals surface area (Å²) in [5, 5.41) is 16.4. The molecule has 0 unspecified atom stereocenters. The third-order valence-electron chi connectivity index (χ3n) is 5.56. The lowest BCUT2D eigenvalue weighted by molar-refractivity contribution is -0.697. The summed E-state index contributed by atoms with van der Waals surface area (Å²) < 4.78 is 43.7. The second kappa shape index (κ2) is 17.9. The van der Waals surface area contributed by atoms with E-state index in [9.17, 15) is 17.3 Å². The number of aryl methyl sites for hydroxylation is 4. The second-order valence-corrected chi connectivity index (χ2v) is 8.35. The number of hydrogen-bond donors (Lipinski definition) is 0. The number of halogens is 4. The Labute approximate surface area is 222 Å². The van der Waals surface area contributed by atoms with Crippen molar-refractivity contribution in [3.8, 4) is 11.1 Å². The lowest BCUT2D eigenvalue weighted by atomic mass is 10.1. The van der Waals surface area contributed by atoms with E-state index in [1.165, 1.54) is 22.3 Å². The molecule has 4 rings (SSSR count). The highest BCUT2D eigenvalue weighted by molar-refractivity contribution is 6.30. The van der Waals surface area contributed by atoms with E-state index in [0.717, 1.165) is 38.8 Å². The zero-order chi connectivity index (χ0) is 27.6. The topological polar surface area (TPSA) is 53.9 Å². The minimum absolute atomic E-state index is 1.05. The van der Waals surface area contributed by atoms with Gasteiger partial charge in [0.15, 0.2) is 24.8 Å². The van der Waals surface area contributed by atoms with Gasteiger partial charge < -0.3 is 27.3 Å². The number of pyridine rings is 2. The average Bonchev–Trinajstić information content (AvgIpc) is 2.90. The first-order valence-corrected chi connectivity index (χ1v) is 12.3. The highest BCUT2D eigenvalue weighted by Crippen LogP contribution is 2.15. The van der Waals surface area contributed by atoms with Gasteiger partial charge in [-0.3, -0.25) is 0 Å². The maximum Gasteiger partial charge on any atom is 0.447 e. The van der Waals surface area contributed by atoms with Crippen molar-refractivity contribution in [1.82, 2.24) is 0 Å². The van der Waals surface area contributed by atoms with Gasteiger partial charge in [-0.25, -0.2) is 9.13 Å². The van der Waals surface area contributed by atoms with Crippen molar-refractivity contribution in [1.29, 1.82) is 0 Å². The van der Waals surface area contributed by atoms with E-state index < -0.39 is 14.9 Å². The molecule has 38 heavy (non-hydrogen) atoms. The van der Waals surface area contributed by atoms with Gasteiger partial charge in [0.2, 0.25) is 0 Å². The van der Waals surface area contributed by atoms with Gasteiger partial charge >= 0.3 is 14.9 Å². The van der Waals surface area contributed by atoms with Crippen LogP contribution in [0.4, 0.5) is 17.3 Å². The van der Waals surface area contributed by atoms with Gasteiger partial charge in [-0.2, -0.15) is 0 Å². The van der Waals surface area contributed by atoms with Gasteiger partial charge in [0, 0.05) is 37.1 Å². The zero-order valence-corrected chi connectivity index (χ0v) is 21.0. The fourth-order valence-electron chi connectivity index (χ4n) is 3.82. The van der Waals surface area contributed by atoms with E-state index >= 15 is 0 Å². The lowest BCUT2D eigenvalue weighted by Crippen LogP contribution is -2.33. The van der Waals surface area contributed by atoms with Gasteiger partial charge in [0.1, 0.15) is 13.1 Å². The summed E-state index contributed by atoms with van der Waals surface area (Å²) in [5.41, 5.74) is 5.36. The van der Waals surface area contributed by atoms with Crippen molar-refractivity contribution in [2.75, 3.05) is 0 Å². The summed E-state index contributed by atoms with van der Waals surface area (Å²) in [6, 6.07) is 30.3. The molecular weight excluding hydrogens is 494 g/mol. The zero-order valence-electron chi connectivity index (χ0n) is 21.0. The lowest BCUT2D eigenvalue weighted by Gasteiger charge is -2.03. The molecule has 0 saturated heterocycles. The van der Waals surface area contributed by atoms with Crippen molar-refractivity contribution < 1.29 is 36.4 Å². The molecule has 2 aromatic heterocycles. The van der Waals surface area contributed by atoms with Crippen molar-refractivity contribution in [3.63, 3.8) is 0 Å². The average molecular weight is 524 g/mol. The molecule has 0 amide bonds. The Morgan fingerprint density at radius 1 is 0.500 bits per heavy atom. The Balaban J connectivity index is 0.000000559. The molecule has 4 aromatic rings. The molecule has 0 N–H and O–H groups in total. The molecule has 0 bridgehead atoms. The summed E-state index contributed by atoms with van der Waals surface area (Å²) in [6.45, 7) is 2.09. The van der Waals surface area contributed by atoms with E-state index in [2.05, 4.69) is 119 Å². The molecule has 0 aliphatic heterocycles. The first-order valence-electron chi connectivity index (χ1n) is 12.3. The molecule has 198 valence electrons. The molecule has 0 aliphatic rings. The van der Waals surface area contributed by atoms with Crippen LogP contribution in [0.2, 0.25) is 0 Å². The first kappa shape index (κ1) is 30.7. The molecule has 0 saturated carbocycles. The number of aromatic nitrogens is 2. The van der Waals surface area contributed by atoms with Crippen LogP contribution in [-0.2, 0) is 25.9 Å². The molecule has 4 nitrogen and oxygen atoms in total. The number of nitrogens with zero attached hydrogens (tertiary/aromatic N) is 2. The third kappa shape index (κ3) is 13.7. The largest absolute Gasteiger partial charge is 0.824 e. The summed E-state index contributed by atoms with van der Waals surface area (Å²) >= 11 is 0. The quantitative estimate of drug-likeness (QED) is 0.191. The fraction of sp³-hybridized carbons (Fsp3) is 0.214. The number of hydrogen-bond acceptors (Lipinski definition) is 2. The molecular formula is C28H30B2F4N2O2. The molecule has 2 aromatic carbocycles. The van der Waals surface area contributed by atoms with Crippen LogP contribution in [0.1, 0.15) is 24.0 Å². The monoisotopic (exact) mass is 524 g/mol. The van der Waals surface area contributed by atoms with E-state index in [-0.39, 0.29) is 0 Å². The summed E-state index contributed by atoms with van der Waals surface area (Å²) in [5.74, 6) is 0. The minimum Gasteiger partial charge on any atom is -0.824 e. The standard InChI is InChI=1S/C28H30N2.2BF2O/c1-3-9-25(10-4-1)13-7-19-29-21-15-27(16-22-29)28-17-23-30(24-18-28)20-8-14-26-11-5-2-6-12-26;2*2-1(3)4/h1-6,9-12,15-18,21-24H,7-8,13-14,19-20H2;;/q+2;2*-1. The normalized spacial score (nSPS) is 9.95. The number of rotatable bonds is 9. The molecule has 0 fully saturated rings. The molecule has 0 radical (unpaired) electrons. The van der Waals surface area contributed by atoms with Crippen LogP contribution >= 0.6 is 0 Å². The van der Waals surface area contributed by atoms with Crippen LogP contribution in [-0.4, -0.2) is 14.9 Å². The molecule has 0 atom stereocenters. The number of benzene rings is 2. The van der Waals surface area contributed by atoms with Crippen molar-refractivity contribution in [3.05, 3.63) is 121 Å². The third-order valence-corrected chi connectivity index (χ3v) is 5.56. The molecule has 2 heterocycles. The van der Waals surface area contributed by atoms with Crippen molar-refractivity contribution >= 4 is 14.9 Å². The fourth-order valence-corrected chi connectivity index (χ4v) is 3.82. The van der Waals surface area contributed by atoms with Crippen molar-refractivity contribution in [2.24, 2.45) is 0 Å². The Kier molecular flexibility index (Phi) is 14.5. The minimum atomic E-state index is -3.42. The van der Waals surface area contributed by atoms with E-state index in [0.29, 0.717) is 0 Å². The van der Waals surface area contributed by atoms with E-state index in [4.69, 9.17) is 10.0 Å². The predicted octanol–water partition coefficient (Wildman–Crippen LogP) is 3.74. The summed E-state index contributed by atoms with van der Waals surface area (Å²) in [4.78, 5) is 0. The summed E-state index contributed by atoms with van der Waals surface area (Å²) in [7, 11) is -6.83. The van der Waals surface area contributed by atoms with Crippen LogP contribution in [0.5, 0.6) is 0 Å². The van der Waals surface area contributed by atoms with Gasteiger partial charge in [0.05, 0.1) is 0 Å². The summed E-state index contributed by atoms with van der Waals surface area (Å²) in [6.07, 6.45) is 13.3. The highest BCUT2D eigenvalue weighted by Gasteiger charge is 2.06. The van der Waals surface area contributed by atoms with Crippen LogP contribution in [0.3, 0.4) is 0 Å². The molecule has 0 aliphatic carbocycles.